The van der Waals surface area contributed by atoms with Crippen LogP contribution in [0.1, 0.15) is 27.6 Å². The second-order valence-electron chi connectivity index (χ2n) is 4.46. The molecular formula is C16H17ClS. The molecule has 0 radical (unpaired) electrons. The third kappa shape index (κ3) is 2.73. The topological polar surface area (TPSA) is 0 Å². The van der Waals surface area contributed by atoms with E-state index in [4.69, 9.17) is 11.6 Å². The van der Waals surface area contributed by atoms with Crippen molar-refractivity contribution < 1.29 is 0 Å². The van der Waals surface area contributed by atoms with E-state index in [1.807, 2.05) is 6.07 Å². The van der Waals surface area contributed by atoms with Crippen LogP contribution in [0.5, 0.6) is 0 Å². The van der Waals surface area contributed by atoms with Gasteiger partial charge in [0.25, 0.3) is 0 Å². The van der Waals surface area contributed by atoms with Gasteiger partial charge in [-0.2, -0.15) is 0 Å². The number of halogens is 1. The maximum absolute atomic E-state index is 6.66. The van der Waals surface area contributed by atoms with Crippen molar-refractivity contribution in [1.29, 1.82) is 0 Å². The van der Waals surface area contributed by atoms with Crippen molar-refractivity contribution in [1.82, 2.24) is 0 Å². The minimum atomic E-state index is -0.0748. The van der Waals surface area contributed by atoms with Crippen molar-refractivity contribution in [2.24, 2.45) is 0 Å². The number of benzene rings is 2. The third-order valence-corrected chi connectivity index (χ3v) is 4.39. The fraction of sp³-hybridized carbons (Fsp3) is 0.250. The van der Waals surface area contributed by atoms with Gasteiger partial charge in [-0.15, -0.1) is 23.4 Å². The van der Waals surface area contributed by atoms with E-state index in [0.29, 0.717) is 0 Å². The first-order chi connectivity index (χ1) is 8.63. The standard InChI is InChI=1S/C16H17ClS/c1-11-8-9-13(12(2)10-11)16(17)14-6-4-5-7-15(14)18-3/h4-10,16H,1-3H3. The first-order valence-corrected chi connectivity index (χ1v) is 7.63. The van der Waals surface area contributed by atoms with Gasteiger partial charge in [0.2, 0.25) is 0 Å². The average molecular weight is 277 g/mol. The molecule has 2 heteroatoms. The Morgan fingerprint density at radius 1 is 1.00 bits per heavy atom. The van der Waals surface area contributed by atoms with E-state index >= 15 is 0 Å². The van der Waals surface area contributed by atoms with E-state index in [0.717, 1.165) is 0 Å². The van der Waals surface area contributed by atoms with Crippen LogP contribution >= 0.6 is 23.4 Å². The van der Waals surface area contributed by atoms with Crippen LogP contribution in [0, 0.1) is 13.8 Å². The quantitative estimate of drug-likeness (QED) is 0.538. The Labute approximate surface area is 118 Å². The van der Waals surface area contributed by atoms with Gasteiger partial charge < -0.3 is 0 Å². The van der Waals surface area contributed by atoms with Crippen LogP contribution in [0.25, 0.3) is 0 Å². The van der Waals surface area contributed by atoms with Gasteiger partial charge in [-0.1, -0.05) is 42.0 Å². The summed E-state index contributed by atoms with van der Waals surface area (Å²) in [6.07, 6.45) is 2.09. The number of hydrogen-bond donors (Lipinski definition) is 0. The van der Waals surface area contributed by atoms with Gasteiger partial charge in [-0.3, -0.25) is 0 Å². The molecule has 2 aromatic carbocycles. The molecule has 0 aliphatic carbocycles. The van der Waals surface area contributed by atoms with Crippen LogP contribution in [0.15, 0.2) is 47.4 Å². The van der Waals surface area contributed by atoms with Crippen LogP contribution < -0.4 is 0 Å². The van der Waals surface area contributed by atoms with Gasteiger partial charge in [-0.05, 0) is 42.9 Å². The van der Waals surface area contributed by atoms with Crippen molar-refractivity contribution in [3.05, 3.63) is 64.7 Å². The summed E-state index contributed by atoms with van der Waals surface area (Å²) < 4.78 is 0. The Kier molecular flexibility index (Phi) is 4.36. The molecule has 1 unspecified atom stereocenters. The minimum absolute atomic E-state index is 0.0748. The maximum Gasteiger partial charge on any atom is 0.0848 e. The molecule has 18 heavy (non-hydrogen) atoms. The molecule has 0 aliphatic heterocycles. The maximum atomic E-state index is 6.66. The lowest BCUT2D eigenvalue weighted by atomic mass is 9.98. The lowest BCUT2D eigenvalue weighted by molar-refractivity contribution is 1.06. The van der Waals surface area contributed by atoms with Gasteiger partial charge in [-0.25, -0.2) is 0 Å². The van der Waals surface area contributed by atoms with E-state index in [1.54, 1.807) is 11.8 Å². The van der Waals surface area contributed by atoms with E-state index in [1.165, 1.54) is 27.1 Å². The molecule has 2 aromatic rings. The van der Waals surface area contributed by atoms with Crippen molar-refractivity contribution in [2.45, 2.75) is 24.1 Å². The highest BCUT2D eigenvalue weighted by atomic mass is 35.5. The first kappa shape index (κ1) is 13.5. The van der Waals surface area contributed by atoms with Crippen molar-refractivity contribution in [3.8, 4) is 0 Å². The van der Waals surface area contributed by atoms with Gasteiger partial charge in [0.05, 0.1) is 5.38 Å². The Hall–Kier alpha value is -0.920. The highest BCUT2D eigenvalue weighted by molar-refractivity contribution is 7.98. The molecule has 0 heterocycles. The van der Waals surface area contributed by atoms with Crippen LogP contribution in [-0.4, -0.2) is 6.26 Å². The number of alkyl halides is 1. The smallest absolute Gasteiger partial charge is 0.0848 e. The summed E-state index contributed by atoms with van der Waals surface area (Å²) in [4.78, 5) is 1.25. The second-order valence-corrected chi connectivity index (χ2v) is 5.75. The lowest BCUT2D eigenvalue weighted by Crippen LogP contribution is -1.98. The molecule has 0 bridgehead atoms. The predicted molar refractivity (Wildman–Crippen MR) is 81.8 cm³/mol. The highest BCUT2D eigenvalue weighted by Gasteiger charge is 2.15. The molecule has 0 saturated heterocycles. The second kappa shape index (κ2) is 5.81. The number of rotatable bonds is 3. The lowest BCUT2D eigenvalue weighted by Gasteiger charge is -2.16. The molecule has 0 N–H and O–H groups in total. The fourth-order valence-electron chi connectivity index (χ4n) is 2.15. The zero-order valence-electron chi connectivity index (χ0n) is 10.9. The van der Waals surface area contributed by atoms with Crippen LogP contribution in [0.4, 0.5) is 0 Å². The minimum Gasteiger partial charge on any atom is -0.129 e. The Bertz CT molecular complexity index is 549. The summed E-state index contributed by atoms with van der Waals surface area (Å²) in [5.41, 5.74) is 4.92. The third-order valence-electron chi connectivity index (χ3n) is 3.11. The molecule has 94 valence electrons. The zero-order chi connectivity index (χ0) is 13.1. The van der Waals surface area contributed by atoms with Crippen molar-refractivity contribution >= 4 is 23.4 Å². The molecule has 0 nitrogen and oxygen atoms in total. The number of aryl methyl sites for hydroxylation is 2. The molecule has 0 saturated carbocycles. The fourth-order valence-corrected chi connectivity index (χ4v) is 3.29. The van der Waals surface area contributed by atoms with Gasteiger partial charge in [0, 0.05) is 4.90 Å². The SMILES string of the molecule is CSc1ccccc1C(Cl)c1ccc(C)cc1C. The number of thioether (sulfide) groups is 1. The normalized spacial score (nSPS) is 12.4. The largest absolute Gasteiger partial charge is 0.129 e. The molecule has 2 rings (SSSR count). The molecule has 1 atom stereocenters. The van der Waals surface area contributed by atoms with E-state index < -0.39 is 0 Å². The van der Waals surface area contributed by atoms with E-state index in [-0.39, 0.29) is 5.38 Å². The van der Waals surface area contributed by atoms with Gasteiger partial charge in [0.1, 0.15) is 0 Å². The molecule has 0 fully saturated rings. The Balaban J connectivity index is 2.44. The monoisotopic (exact) mass is 276 g/mol. The average Bonchev–Trinajstić information content (AvgIpc) is 2.38. The summed E-state index contributed by atoms with van der Waals surface area (Å²) >= 11 is 8.40. The van der Waals surface area contributed by atoms with Gasteiger partial charge >= 0.3 is 0 Å². The van der Waals surface area contributed by atoms with Crippen LogP contribution in [-0.2, 0) is 0 Å². The van der Waals surface area contributed by atoms with Crippen molar-refractivity contribution in [3.63, 3.8) is 0 Å². The zero-order valence-corrected chi connectivity index (χ0v) is 12.5. The van der Waals surface area contributed by atoms with E-state index in [2.05, 4.69) is 56.5 Å². The molecule has 0 aliphatic rings. The summed E-state index contributed by atoms with van der Waals surface area (Å²) in [7, 11) is 0. The summed E-state index contributed by atoms with van der Waals surface area (Å²) in [6, 6.07) is 14.8. The van der Waals surface area contributed by atoms with E-state index in [9.17, 15) is 0 Å². The van der Waals surface area contributed by atoms with Gasteiger partial charge in [0.15, 0.2) is 0 Å². The molecule has 0 aromatic heterocycles. The molecule has 0 amide bonds. The predicted octanol–water partition coefficient (Wildman–Crippen LogP) is 5.35. The Morgan fingerprint density at radius 3 is 2.39 bits per heavy atom. The first-order valence-electron chi connectivity index (χ1n) is 5.97. The highest BCUT2D eigenvalue weighted by Crippen LogP contribution is 2.36. The van der Waals surface area contributed by atoms with Crippen LogP contribution in [0.2, 0.25) is 0 Å². The Morgan fingerprint density at radius 2 is 1.72 bits per heavy atom. The van der Waals surface area contributed by atoms with Crippen molar-refractivity contribution in [2.75, 3.05) is 6.26 Å². The summed E-state index contributed by atoms with van der Waals surface area (Å²) in [6.45, 7) is 4.23. The molecule has 0 spiro atoms. The van der Waals surface area contributed by atoms with Crippen LogP contribution in [0.3, 0.4) is 0 Å². The molecular weight excluding hydrogens is 260 g/mol. The summed E-state index contributed by atoms with van der Waals surface area (Å²) in [5.74, 6) is 0. The summed E-state index contributed by atoms with van der Waals surface area (Å²) in [5, 5.41) is -0.0748. The number of hydrogen-bond acceptors (Lipinski definition) is 1.